The molecule has 0 spiro atoms. The molecule has 3 aromatic heterocycles. The lowest BCUT2D eigenvalue weighted by molar-refractivity contribution is -0.138. The highest BCUT2D eigenvalue weighted by Gasteiger charge is 2.32. The Bertz CT molecular complexity index is 1580. The zero-order valence-corrected chi connectivity index (χ0v) is 19.1. The first kappa shape index (κ1) is 23.8. The predicted octanol–water partition coefficient (Wildman–Crippen LogP) is 7.17. The summed E-state index contributed by atoms with van der Waals surface area (Å²) in [4.78, 5) is 12.2. The minimum Gasteiger partial charge on any atom is -0.360 e. The minimum atomic E-state index is -4.53. The second-order valence-electron chi connectivity index (χ2n) is 8.45. The van der Waals surface area contributed by atoms with E-state index >= 15 is 0 Å². The Labute approximate surface area is 200 Å². The molecule has 0 atom stereocenters. The Hall–Kier alpha value is -3.89. The van der Waals surface area contributed by atoms with Gasteiger partial charge in [0.25, 0.3) is 0 Å². The predicted molar refractivity (Wildman–Crippen MR) is 123 cm³/mol. The fourth-order valence-corrected chi connectivity index (χ4v) is 4.26. The third kappa shape index (κ3) is 4.08. The van der Waals surface area contributed by atoms with Crippen molar-refractivity contribution >= 4 is 21.9 Å². The lowest BCUT2D eigenvalue weighted by Gasteiger charge is -2.10. The number of hydrogen-bond donors (Lipinski definition) is 1. The molecule has 5 aromatic rings. The van der Waals surface area contributed by atoms with Crippen LogP contribution in [0.15, 0.2) is 48.7 Å². The van der Waals surface area contributed by atoms with Crippen molar-refractivity contribution in [2.24, 2.45) is 7.05 Å². The molecule has 0 bridgehead atoms. The summed E-state index contributed by atoms with van der Waals surface area (Å²) in [5.74, 6) is 0.151. The molecule has 1 N–H and O–H groups in total. The number of H-pyrrole nitrogens is 1. The molecule has 36 heavy (non-hydrogen) atoms. The first-order valence-electron chi connectivity index (χ1n) is 11.1. The lowest BCUT2D eigenvalue weighted by atomic mass is 10.0. The summed E-state index contributed by atoms with van der Waals surface area (Å²) in [7, 11) is 1.70. The average molecular weight is 503 g/mol. The number of fused-ring (bicyclic) bond motifs is 2. The Morgan fingerprint density at radius 3 is 2.19 bits per heavy atom. The number of halogens is 6. The summed E-state index contributed by atoms with van der Waals surface area (Å²) < 4.78 is 81.1. The van der Waals surface area contributed by atoms with Gasteiger partial charge in [-0.2, -0.15) is 31.4 Å². The molecule has 0 amide bonds. The number of aromatic amines is 1. The van der Waals surface area contributed by atoms with Crippen LogP contribution < -0.4 is 0 Å². The van der Waals surface area contributed by atoms with Crippen molar-refractivity contribution in [2.45, 2.75) is 32.1 Å². The molecule has 0 aliphatic rings. The van der Waals surface area contributed by atoms with Crippen molar-refractivity contribution in [1.29, 1.82) is 0 Å². The highest BCUT2D eigenvalue weighted by atomic mass is 19.4. The van der Waals surface area contributed by atoms with E-state index in [1.165, 1.54) is 18.2 Å². The number of aryl methyl sites for hydroxylation is 2. The number of rotatable bonds is 4. The van der Waals surface area contributed by atoms with Gasteiger partial charge in [0, 0.05) is 35.3 Å². The van der Waals surface area contributed by atoms with Gasteiger partial charge in [0.1, 0.15) is 16.7 Å². The van der Waals surface area contributed by atoms with Crippen LogP contribution in [-0.2, 0) is 25.8 Å². The molecule has 186 valence electrons. The van der Waals surface area contributed by atoms with E-state index < -0.39 is 23.5 Å². The number of hydrogen-bond acceptors (Lipinski definition) is 3. The van der Waals surface area contributed by atoms with E-state index in [4.69, 9.17) is 0 Å². The molecule has 2 aromatic carbocycles. The van der Waals surface area contributed by atoms with Crippen LogP contribution in [0.5, 0.6) is 0 Å². The number of nitrogens with zero attached hydrogens (tertiary/aromatic N) is 4. The smallest absolute Gasteiger partial charge is 0.360 e. The van der Waals surface area contributed by atoms with E-state index in [2.05, 4.69) is 20.1 Å². The van der Waals surface area contributed by atoms with Gasteiger partial charge in [-0.3, -0.25) is 4.68 Å². The van der Waals surface area contributed by atoms with Crippen molar-refractivity contribution in [2.75, 3.05) is 0 Å². The maximum atomic E-state index is 13.4. The second kappa shape index (κ2) is 8.35. The van der Waals surface area contributed by atoms with Crippen LogP contribution in [0.2, 0.25) is 0 Å². The van der Waals surface area contributed by atoms with Gasteiger partial charge in [-0.15, -0.1) is 0 Å². The average Bonchev–Trinajstić information content (AvgIpc) is 3.38. The normalized spacial score (nSPS) is 12.7. The summed E-state index contributed by atoms with van der Waals surface area (Å²) in [5.41, 5.74) is 1.64. The summed E-state index contributed by atoms with van der Waals surface area (Å²) in [5, 5.41) is 4.85. The number of nitrogens with one attached hydrogen (secondary N) is 1. The van der Waals surface area contributed by atoms with Gasteiger partial charge in [-0.05, 0) is 36.8 Å². The van der Waals surface area contributed by atoms with Crippen LogP contribution in [0.3, 0.4) is 0 Å². The Morgan fingerprint density at radius 1 is 0.889 bits per heavy atom. The maximum absolute atomic E-state index is 13.4. The lowest BCUT2D eigenvalue weighted by Crippen LogP contribution is -2.04. The largest absolute Gasteiger partial charge is 0.416 e. The molecular formula is C25H19F6N5. The van der Waals surface area contributed by atoms with E-state index in [1.807, 2.05) is 6.92 Å². The first-order chi connectivity index (χ1) is 17.0. The molecule has 0 aliphatic carbocycles. The molecule has 0 aliphatic heterocycles. The molecule has 0 saturated carbocycles. The fourth-order valence-electron chi connectivity index (χ4n) is 4.26. The second-order valence-corrected chi connectivity index (χ2v) is 8.45. The molecular weight excluding hydrogens is 484 g/mol. The van der Waals surface area contributed by atoms with Gasteiger partial charge in [0.05, 0.1) is 16.8 Å². The van der Waals surface area contributed by atoms with Gasteiger partial charge >= 0.3 is 12.4 Å². The quantitative estimate of drug-likeness (QED) is 0.265. The Balaban J connectivity index is 1.78. The van der Waals surface area contributed by atoms with Crippen molar-refractivity contribution < 1.29 is 26.3 Å². The van der Waals surface area contributed by atoms with E-state index in [0.717, 1.165) is 30.7 Å². The summed E-state index contributed by atoms with van der Waals surface area (Å²) in [6.07, 6.45) is -6.10. The third-order valence-corrected chi connectivity index (χ3v) is 5.97. The zero-order chi connectivity index (χ0) is 25.8. The minimum absolute atomic E-state index is 0.151. The molecule has 0 unspecified atom stereocenters. The maximum Gasteiger partial charge on any atom is 0.416 e. The number of aromatic nitrogens is 5. The van der Waals surface area contributed by atoms with Crippen LogP contribution in [0.4, 0.5) is 26.3 Å². The van der Waals surface area contributed by atoms with Gasteiger partial charge in [-0.1, -0.05) is 25.5 Å². The summed E-state index contributed by atoms with van der Waals surface area (Å²) in [6, 6.07) is 7.84. The topological polar surface area (TPSA) is 59.4 Å². The van der Waals surface area contributed by atoms with Crippen LogP contribution in [0, 0.1) is 0 Å². The first-order valence-corrected chi connectivity index (χ1v) is 11.1. The number of alkyl halides is 6. The van der Waals surface area contributed by atoms with Crippen LogP contribution in [0.1, 0.15) is 30.2 Å². The Kier molecular flexibility index (Phi) is 5.53. The third-order valence-electron chi connectivity index (χ3n) is 5.97. The van der Waals surface area contributed by atoms with Crippen molar-refractivity contribution in [3.05, 3.63) is 65.5 Å². The van der Waals surface area contributed by atoms with Crippen LogP contribution in [-0.4, -0.2) is 24.7 Å². The summed E-state index contributed by atoms with van der Waals surface area (Å²) >= 11 is 0. The molecule has 0 radical (unpaired) electrons. The highest BCUT2D eigenvalue weighted by molar-refractivity contribution is 6.02. The van der Waals surface area contributed by atoms with E-state index in [0.29, 0.717) is 50.9 Å². The molecule has 3 heterocycles. The molecule has 5 rings (SSSR count). The van der Waals surface area contributed by atoms with E-state index in [1.54, 1.807) is 17.9 Å². The SMILES string of the molecule is CCCc1nn(C)c2c(-c3c[nH]c4ccc(C(F)(F)F)cc34)nc(-c3ccc(C(F)(F)F)cc3)nc12. The standard InChI is InChI=1S/C25H19F6N5/c1-3-4-19-21-22(36(2)35-19)20(17-12-32-18-10-9-15(11-16(17)18)25(29,30)31)33-23(34-21)13-5-7-14(8-6-13)24(26,27)28/h5-12,32H,3-4H2,1-2H3. The van der Waals surface area contributed by atoms with Crippen molar-refractivity contribution in [1.82, 2.24) is 24.7 Å². The van der Waals surface area contributed by atoms with Crippen LogP contribution >= 0.6 is 0 Å². The monoisotopic (exact) mass is 503 g/mol. The van der Waals surface area contributed by atoms with Crippen molar-refractivity contribution in [3.8, 4) is 22.6 Å². The zero-order valence-electron chi connectivity index (χ0n) is 19.1. The fraction of sp³-hybridized carbons (Fsp3) is 0.240. The highest BCUT2D eigenvalue weighted by Crippen LogP contribution is 2.38. The summed E-state index contributed by atoms with van der Waals surface area (Å²) in [6.45, 7) is 1.97. The van der Waals surface area contributed by atoms with Crippen LogP contribution in [0.25, 0.3) is 44.6 Å². The Morgan fingerprint density at radius 2 is 1.56 bits per heavy atom. The molecule has 5 nitrogen and oxygen atoms in total. The van der Waals surface area contributed by atoms with Gasteiger partial charge < -0.3 is 4.98 Å². The van der Waals surface area contributed by atoms with Gasteiger partial charge in [-0.25, -0.2) is 9.97 Å². The van der Waals surface area contributed by atoms with E-state index in [9.17, 15) is 26.3 Å². The van der Waals surface area contributed by atoms with Crippen molar-refractivity contribution in [3.63, 3.8) is 0 Å². The molecule has 0 saturated heterocycles. The number of benzene rings is 2. The van der Waals surface area contributed by atoms with Gasteiger partial charge in [0.15, 0.2) is 5.82 Å². The van der Waals surface area contributed by atoms with E-state index in [-0.39, 0.29) is 5.82 Å². The van der Waals surface area contributed by atoms with Gasteiger partial charge in [0.2, 0.25) is 0 Å². The molecule has 11 heteroatoms. The molecule has 0 fully saturated rings.